The van der Waals surface area contributed by atoms with Crippen LogP contribution in [0.2, 0.25) is 0 Å². The minimum absolute atomic E-state index is 0.119. The van der Waals surface area contributed by atoms with Crippen LogP contribution in [0.1, 0.15) is 5.56 Å². The molecular weight excluding hydrogens is 267 g/mol. The molecule has 0 amide bonds. The number of benzene rings is 1. The second-order valence-electron chi connectivity index (χ2n) is 4.76. The largest absolute Gasteiger partial charge is 0.310 e. The zero-order valence-corrected chi connectivity index (χ0v) is 11.2. The van der Waals surface area contributed by atoms with Gasteiger partial charge in [0.25, 0.3) is 5.56 Å². The molecule has 0 atom stereocenters. The van der Waals surface area contributed by atoms with E-state index in [1.807, 2.05) is 12.1 Å². The summed E-state index contributed by atoms with van der Waals surface area (Å²) in [5.74, 6) is -0.302. The molecular formula is C17H13FN2O. The maximum atomic E-state index is 13.2. The molecule has 3 aromatic rings. The molecule has 1 aromatic carbocycles. The average molecular weight is 280 g/mol. The van der Waals surface area contributed by atoms with Gasteiger partial charge in [-0.25, -0.2) is 4.39 Å². The van der Waals surface area contributed by atoms with Crippen LogP contribution in [-0.2, 0) is 6.54 Å². The molecule has 0 N–H and O–H groups in total. The summed E-state index contributed by atoms with van der Waals surface area (Å²) in [6.07, 6.45) is 5.21. The standard InChI is InChI=1S/C17H13FN2O/c18-16-5-1-3-13(9-16)11-20-12-15(6-7-17(20)21)14-4-2-8-19-10-14/h1-10,12H,11H2. The van der Waals surface area contributed by atoms with Gasteiger partial charge in [0, 0.05) is 30.2 Å². The highest BCUT2D eigenvalue weighted by molar-refractivity contribution is 5.60. The van der Waals surface area contributed by atoms with E-state index in [4.69, 9.17) is 0 Å². The van der Waals surface area contributed by atoms with Crippen LogP contribution in [0, 0.1) is 5.82 Å². The fourth-order valence-electron chi connectivity index (χ4n) is 2.19. The Bertz CT molecular complexity index is 812. The molecule has 3 nitrogen and oxygen atoms in total. The van der Waals surface area contributed by atoms with Crippen LogP contribution in [-0.4, -0.2) is 9.55 Å². The molecule has 0 unspecified atom stereocenters. The van der Waals surface area contributed by atoms with Crippen molar-refractivity contribution >= 4 is 0 Å². The third-order valence-electron chi connectivity index (χ3n) is 3.22. The molecule has 3 rings (SSSR count). The van der Waals surface area contributed by atoms with Gasteiger partial charge < -0.3 is 4.57 Å². The summed E-state index contributed by atoms with van der Waals surface area (Å²) >= 11 is 0. The van der Waals surface area contributed by atoms with E-state index in [1.54, 1.807) is 41.4 Å². The van der Waals surface area contributed by atoms with Gasteiger partial charge in [-0.05, 0) is 35.4 Å². The maximum absolute atomic E-state index is 13.2. The molecule has 104 valence electrons. The lowest BCUT2D eigenvalue weighted by Crippen LogP contribution is -2.19. The lowest BCUT2D eigenvalue weighted by Gasteiger charge is -2.08. The minimum Gasteiger partial charge on any atom is -0.310 e. The molecule has 21 heavy (non-hydrogen) atoms. The Kier molecular flexibility index (Phi) is 3.60. The first-order valence-electron chi connectivity index (χ1n) is 6.58. The molecule has 0 spiro atoms. The number of hydrogen-bond donors (Lipinski definition) is 0. The molecule has 0 aliphatic rings. The van der Waals surface area contributed by atoms with Gasteiger partial charge in [0.05, 0.1) is 6.54 Å². The summed E-state index contributed by atoms with van der Waals surface area (Å²) in [5.41, 5.74) is 2.47. The third kappa shape index (κ3) is 3.05. The molecule has 2 aromatic heterocycles. The number of hydrogen-bond acceptors (Lipinski definition) is 2. The average Bonchev–Trinajstić information content (AvgIpc) is 2.50. The first kappa shape index (κ1) is 13.2. The highest BCUT2D eigenvalue weighted by Gasteiger charge is 2.03. The van der Waals surface area contributed by atoms with E-state index in [9.17, 15) is 9.18 Å². The summed E-state index contributed by atoms with van der Waals surface area (Å²) in [6, 6.07) is 13.3. The van der Waals surface area contributed by atoms with Crippen molar-refractivity contribution in [2.75, 3.05) is 0 Å². The minimum atomic E-state index is -0.302. The van der Waals surface area contributed by atoms with E-state index in [2.05, 4.69) is 4.98 Å². The van der Waals surface area contributed by atoms with E-state index in [1.165, 1.54) is 18.2 Å². The van der Waals surface area contributed by atoms with Crippen molar-refractivity contribution < 1.29 is 4.39 Å². The zero-order valence-electron chi connectivity index (χ0n) is 11.2. The summed E-state index contributed by atoms with van der Waals surface area (Å²) < 4.78 is 14.8. The van der Waals surface area contributed by atoms with E-state index in [0.29, 0.717) is 6.54 Å². The van der Waals surface area contributed by atoms with Gasteiger partial charge in [0.1, 0.15) is 5.82 Å². The first-order valence-corrected chi connectivity index (χ1v) is 6.58. The summed E-state index contributed by atoms with van der Waals surface area (Å²) in [7, 11) is 0. The van der Waals surface area contributed by atoms with Crippen LogP contribution in [0.3, 0.4) is 0 Å². The predicted molar refractivity (Wildman–Crippen MR) is 79.4 cm³/mol. The molecule has 0 saturated heterocycles. The van der Waals surface area contributed by atoms with Crippen LogP contribution in [0.25, 0.3) is 11.1 Å². The van der Waals surface area contributed by atoms with Crippen molar-refractivity contribution in [3.63, 3.8) is 0 Å². The van der Waals surface area contributed by atoms with Crippen LogP contribution in [0.4, 0.5) is 4.39 Å². The van der Waals surface area contributed by atoms with Gasteiger partial charge in [0.15, 0.2) is 0 Å². The fraction of sp³-hybridized carbons (Fsp3) is 0.0588. The Morgan fingerprint density at radius 1 is 1.05 bits per heavy atom. The van der Waals surface area contributed by atoms with E-state index >= 15 is 0 Å². The normalized spacial score (nSPS) is 10.5. The number of pyridine rings is 2. The number of nitrogens with zero attached hydrogens (tertiary/aromatic N) is 2. The van der Waals surface area contributed by atoms with Crippen molar-refractivity contribution in [1.29, 1.82) is 0 Å². The quantitative estimate of drug-likeness (QED) is 0.739. The Morgan fingerprint density at radius 2 is 1.95 bits per heavy atom. The van der Waals surface area contributed by atoms with Crippen molar-refractivity contribution in [3.8, 4) is 11.1 Å². The number of halogens is 1. The molecule has 2 heterocycles. The van der Waals surface area contributed by atoms with Gasteiger partial charge in [-0.15, -0.1) is 0 Å². The van der Waals surface area contributed by atoms with Crippen LogP contribution >= 0.6 is 0 Å². The number of rotatable bonds is 3. The van der Waals surface area contributed by atoms with E-state index in [-0.39, 0.29) is 11.4 Å². The van der Waals surface area contributed by atoms with Gasteiger partial charge in [-0.2, -0.15) is 0 Å². The van der Waals surface area contributed by atoms with Gasteiger partial charge in [-0.3, -0.25) is 9.78 Å². The smallest absolute Gasteiger partial charge is 0.250 e. The van der Waals surface area contributed by atoms with Crippen molar-refractivity contribution in [2.24, 2.45) is 0 Å². The first-order chi connectivity index (χ1) is 10.2. The third-order valence-corrected chi connectivity index (χ3v) is 3.22. The van der Waals surface area contributed by atoms with E-state index in [0.717, 1.165) is 16.7 Å². The lowest BCUT2D eigenvalue weighted by molar-refractivity contribution is 0.623. The zero-order chi connectivity index (χ0) is 14.7. The fourth-order valence-corrected chi connectivity index (χ4v) is 2.19. The second-order valence-corrected chi connectivity index (χ2v) is 4.76. The lowest BCUT2D eigenvalue weighted by atomic mass is 10.1. The Labute approximate surface area is 121 Å². The summed E-state index contributed by atoms with van der Waals surface area (Å²) in [5, 5.41) is 0. The van der Waals surface area contributed by atoms with Crippen molar-refractivity contribution in [1.82, 2.24) is 9.55 Å². The summed E-state index contributed by atoms with van der Waals surface area (Å²) in [4.78, 5) is 16.0. The Morgan fingerprint density at radius 3 is 2.71 bits per heavy atom. The predicted octanol–water partition coefficient (Wildman–Crippen LogP) is 3.10. The van der Waals surface area contributed by atoms with Gasteiger partial charge in [-0.1, -0.05) is 18.2 Å². The SMILES string of the molecule is O=c1ccc(-c2cccnc2)cn1Cc1cccc(F)c1. The van der Waals surface area contributed by atoms with Gasteiger partial charge in [0.2, 0.25) is 0 Å². The van der Waals surface area contributed by atoms with Crippen LogP contribution in [0.5, 0.6) is 0 Å². The molecule has 0 radical (unpaired) electrons. The van der Waals surface area contributed by atoms with E-state index < -0.39 is 0 Å². The molecule has 0 aliphatic carbocycles. The highest BCUT2D eigenvalue weighted by atomic mass is 19.1. The maximum Gasteiger partial charge on any atom is 0.250 e. The molecule has 0 fully saturated rings. The van der Waals surface area contributed by atoms with Crippen molar-refractivity contribution in [3.05, 3.63) is 88.9 Å². The monoisotopic (exact) mass is 280 g/mol. The van der Waals surface area contributed by atoms with Gasteiger partial charge >= 0.3 is 0 Å². The number of aromatic nitrogens is 2. The molecule has 0 saturated carbocycles. The molecule has 0 aliphatic heterocycles. The van der Waals surface area contributed by atoms with Crippen LogP contribution in [0.15, 0.2) is 71.9 Å². The Balaban J connectivity index is 1.97. The molecule has 0 bridgehead atoms. The highest BCUT2D eigenvalue weighted by Crippen LogP contribution is 2.16. The van der Waals surface area contributed by atoms with Crippen molar-refractivity contribution in [2.45, 2.75) is 6.54 Å². The second kappa shape index (κ2) is 5.71. The molecule has 4 heteroatoms. The Hall–Kier alpha value is -2.75. The van der Waals surface area contributed by atoms with Crippen LogP contribution < -0.4 is 5.56 Å². The topological polar surface area (TPSA) is 34.9 Å². The summed E-state index contributed by atoms with van der Waals surface area (Å²) in [6.45, 7) is 0.338.